The number of hydrogen-bond acceptors (Lipinski definition) is 3. The van der Waals surface area contributed by atoms with E-state index in [1.54, 1.807) is 7.11 Å². The summed E-state index contributed by atoms with van der Waals surface area (Å²) in [4.78, 5) is 18.4. The lowest BCUT2D eigenvalue weighted by Crippen LogP contribution is -2.45. The smallest absolute Gasteiger partial charge is 0.258 e. The van der Waals surface area contributed by atoms with Crippen LogP contribution in [0.5, 0.6) is 5.75 Å². The van der Waals surface area contributed by atoms with Crippen molar-refractivity contribution in [2.75, 3.05) is 31.6 Å². The predicted molar refractivity (Wildman–Crippen MR) is 160 cm³/mol. The summed E-state index contributed by atoms with van der Waals surface area (Å²) in [6.07, 6.45) is 2.04. The van der Waals surface area contributed by atoms with Crippen LogP contribution in [0.2, 0.25) is 0 Å². The molecule has 4 nitrogen and oxygen atoms in total. The Bertz CT molecular complexity index is 1510. The number of rotatable bonds is 4. The van der Waals surface area contributed by atoms with E-state index < -0.39 is 0 Å². The number of nitrogens with zero attached hydrogens (tertiary/aromatic N) is 2. The van der Waals surface area contributed by atoms with Gasteiger partial charge in [0.2, 0.25) is 0 Å². The number of amides is 1. The van der Waals surface area contributed by atoms with Gasteiger partial charge >= 0.3 is 0 Å². The van der Waals surface area contributed by atoms with E-state index in [9.17, 15) is 4.79 Å². The van der Waals surface area contributed by atoms with Crippen molar-refractivity contribution in [3.8, 4) is 5.75 Å². The van der Waals surface area contributed by atoms with Gasteiger partial charge in [0.15, 0.2) is 0 Å². The highest BCUT2D eigenvalue weighted by Gasteiger charge is 2.46. The van der Waals surface area contributed by atoms with Crippen LogP contribution in [-0.2, 0) is 17.4 Å². The Hall–Kier alpha value is -3.63. The first kappa shape index (κ1) is 25.6. The molecule has 1 amide bonds. The summed E-state index contributed by atoms with van der Waals surface area (Å²) in [7, 11) is 1.72. The lowest BCUT2D eigenvalue weighted by atomic mass is 9.74. The maximum atomic E-state index is 13.8. The largest absolute Gasteiger partial charge is 0.497 e. The van der Waals surface area contributed by atoms with Crippen molar-refractivity contribution in [3.63, 3.8) is 0 Å². The van der Waals surface area contributed by atoms with Crippen molar-refractivity contribution in [1.29, 1.82) is 0 Å². The lowest BCUT2D eigenvalue weighted by Gasteiger charge is -2.40. The molecular weight excluding hydrogens is 480 g/mol. The fraction of sp³-hybridized carbons (Fsp3) is 0.343. The molecule has 4 aromatic carbocycles. The van der Waals surface area contributed by atoms with Crippen LogP contribution in [0.15, 0.2) is 84.9 Å². The highest BCUT2D eigenvalue weighted by molar-refractivity contribution is 6.08. The molecule has 0 unspecified atom stereocenters. The number of ether oxygens (including phenoxy) is 1. The number of methoxy groups -OCH3 is 1. The Balaban J connectivity index is 1.23. The summed E-state index contributed by atoms with van der Waals surface area (Å²) < 4.78 is 5.62. The van der Waals surface area contributed by atoms with Crippen LogP contribution in [0.1, 0.15) is 60.7 Å². The van der Waals surface area contributed by atoms with Crippen LogP contribution >= 0.6 is 0 Å². The first-order valence-corrected chi connectivity index (χ1v) is 14.1. The van der Waals surface area contributed by atoms with Crippen molar-refractivity contribution in [3.05, 3.63) is 107 Å². The van der Waals surface area contributed by atoms with E-state index in [4.69, 9.17) is 4.74 Å². The van der Waals surface area contributed by atoms with Gasteiger partial charge in [-0.05, 0) is 95.2 Å². The van der Waals surface area contributed by atoms with E-state index in [1.807, 2.05) is 23.1 Å². The van der Waals surface area contributed by atoms with Gasteiger partial charge in [-0.25, -0.2) is 0 Å². The standard InChI is InChI=1S/C35H38N2O2/c1-34(2,3)29-13-11-27(12-14-29)33(38)37-24-35(31-22-30(39-4)15-16-32(31)37)17-19-36(20-18-35)23-25-9-10-26-7-5-6-8-28(26)21-25/h5-16,21-22H,17-20,23-24H2,1-4H3. The molecule has 0 atom stereocenters. The van der Waals surface area contributed by atoms with Gasteiger partial charge in [-0.3, -0.25) is 9.69 Å². The molecule has 4 aromatic rings. The molecular formula is C35H38N2O2. The maximum absolute atomic E-state index is 13.8. The molecule has 1 saturated heterocycles. The van der Waals surface area contributed by atoms with Crippen LogP contribution < -0.4 is 9.64 Å². The normalized spacial score (nSPS) is 17.0. The fourth-order valence-electron chi connectivity index (χ4n) is 6.39. The monoisotopic (exact) mass is 518 g/mol. The molecule has 0 N–H and O–H groups in total. The van der Waals surface area contributed by atoms with Crippen molar-refractivity contribution < 1.29 is 9.53 Å². The number of hydrogen-bond donors (Lipinski definition) is 0. The van der Waals surface area contributed by atoms with Gasteiger partial charge in [-0.1, -0.05) is 69.3 Å². The van der Waals surface area contributed by atoms with Crippen molar-refractivity contribution in [2.45, 2.75) is 51.0 Å². The third kappa shape index (κ3) is 4.83. The van der Waals surface area contributed by atoms with Gasteiger partial charge in [0, 0.05) is 29.8 Å². The van der Waals surface area contributed by atoms with Crippen LogP contribution in [-0.4, -0.2) is 37.6 Å². The molecule has 0 aromatic heterocycles. The number of fused-ring (bicyclic) bond motifs is 3. The highest BCUT2D eigenvalue weighted by atomic mass is 16.5. The molecule has 0 aliphatic carbocycles. The second-order valence-corrected chi connectivity index (χ2v) is 12.3. The second kappa shape index (κ2) is 9.84. The molecule has 0 saturated carbocycles. The zero-order valence-corrected chi connectivity index (χ0v) is 23.5. The van der Waals surface area contributed by atoms with Crippen LogP contribution in [0, 0.1) is 0 Å². The van der Waals surface area contributed by atoms with Gasteiger partial charge in [-0.2, -0.15) is 0 Å². The van der Waals surface area contributed by atoms with E-state index in [0.29, 0.717) is 0 Å². The SMILES string of the molecule is COc1ccc2c(c1)C1(CCN(Cc3ccc4ccccc4c3)CC1)CN2C(=O)c1ccc(C(C)(C)C)cc1. The third-order valence-electron chi connectivity index (χ3n) is 8.80. The molecule has 2 aliphatic heterocycles. The summed E-state index contributed by atoms with van der Waals surface area (Å²) in [5.74, 6) is 0.938. The molecule has 200 valence electrons. The van der Waals surface area contributed by atoms with E-state index in [-0.39, 0.29) is 16.7 Å². The molecule has 0 radical (unpaired) electrons. The third-order valence-corrected chi connectivity index (χ3v) is 8.80. The molecule has 1 fully saturated rings. The summed E-state index contributed by atoms with van der Waals surface area (Å²) in [5, 5.41) is 2.58. The number of carbonyl (C=O) groups is 1. The average Bonchev–Trinajstić information content (AvgIpc) is 3.26. The van der Waals surface area contributed by atoms with Gasteiger partial charge in [-0.15, -0.1) is 0 Å². The quantitative estimate of drug-likeness (QED) is 0.283. The number of carbonyl (C=O) groups excluding carboxylic acids is 1. The summed E-state index contributed by atoms with van der Waals surface area (Å²) in [6.45, 7) is 10.3. The first-order chi connectivity index (χ1) is 18.8. The lowest BCUT2D eigenvalue weighted by molar-refractivity contribution is 0.0975. The van der Waals surface area contributed by atoms with Crippen molar-refractivity contribution >= 4 is 22.4 Å². The fourth-order valence-corrected chi connectivity index (χ4v) is 6.39. The van der Waals surface area contributed by atoms with E-state index >= 15 is 0 Å². The Morgan fingerprint density at radius 3 is 2.28 bits per heavy atom. The molecule has 1 spiro atoms. The molecule has 0 bridgehead atoms. The summed E-state index contributed by atoms with van der Waals surface area (Å²) >= 11 is 0. The summed E-state index contributed by atoms with van der Waals surface area (Å²) in [6, 6.07) is 29.8. The van der Waals surface area contributed by atoms with E-state index in [1.165, 1.54) is 27.5 Å². The minimum absolute atomic E-state index is 0.0508. The molecule has 2 aliphatic rings. The first-order valence-electron chi connectivity index (χ1n) is 14.1. The van der Waals surface area contributed by atoms with E-state index in [2.05, 4.69) is 92.4 Å². The van der Waals surface area contributed by atoms with Gasteiger partial charge in [0.1, 0.15) is 5.75 Å². The highest BCUT2D eigenvalue weighted by Crippen LogP contribution is 2.49. The Morgan fingerprint density at radius 2 is 1.59 bits per heavy atom. The van der Waals surface area contributed by atoms with Gasteiger partial charge in [0.25, 0.3) is 5.91 Å². The Kier molecular flexibility index (Phi) is 6.47. The van der Waals surface area contributed by atoms with Gasteiger partial charge < -0.3 is 9.64 Å². The van der Waals surface area contributed by atoms with Gasteiger partial charge in [0.05, 0.1) is 7.11 Å². The van der Waals surface area contributed by atoms with Crippen LogP contribution in [0.3, 0.4) is 0 Å². The molecule has 6 rings (SSSR count). The minimum atomic E-state index is -0.0508. The Labute approximate surface area is 232 Å². The maximum Gasteiger partial charge on any atom is 0.258 e. The Morgan fingerprint density at radius 1 is 0.872 bits per heavy atom. The minimum Gasteiger partial charge on any atom is -0.497 e. The average molecular weight is 519 g/mol. The molecule has 39 heavy (non-hydrogen) atoms. The predicted octanol–water partition coefficient (Wildman–Crippen LogP) is 7.34. The molecule has 4 heteroatoms. The van der Waals surface area contributed by atoms with Crippen LogP contribution in [0.25, 0.3) is 10.8 Å². The van der Waals surface area contributed by atoms with Crippen molar-refractivity contribution in [1.82, 2.24) is 4.90 Å². The topological polar surface area (TPSA) is 32.8 Å². The van der Waals surface area contributed by atoms with E-state index in [0.717, 1.165) is 56.0 Å². The van der Waals surface area contributed by atoms with Crippen molar-refractivity contribution in [2.24, 2.45) is 0 Å². The number of anilines is 1. The van der Waals surface area contributed by atoms with Crippen LogP contribution in [0.4, 0.5) is 5.69 Å². The number of benzene rings is 4. The zero-order chi connectivity index (χ0) is 27.2. The molecule has 2 heterocycles. The second-order valence-electron chi connectivity index (χ2n) is 12.3. The number of likely N-dealkylation sites (tertiary alicyclic amines) is 1. The zero-order valence-electron chi connectivity index (χ0n) is 23.5. The summed E-state index contributed by atoms with van der Waals surface area (Å²) in [5.41, 5.74) is 5.63. The number of piperidine rings is 1.